The predicted molar refractivity (Wildman–Crippen MR) is 76.7 cm³/mol. The van der Waals surface area contributed by atoms with Gasteiger partial charge in [0.2, 0.25) is 0 Å². The second-order valence-corrected chi connectivity index (χ2v) is 5.60. The topological polar surface area (TPSA) is 28.4 Å². The Labute approximate surface area is 112 Å². The van der Waals surface area contributed by atoms with Gasteiger partial charge >= 0.3 is 0 Å². The van der Waals surface area contributed by atoms with Crippen LogP contribution in [-0.4, -0.2) is 24.0 Å². The molecule has 3 heteroatoms. The lowest BCUT2D eigenvalue weighted by Gasteiger charge is -2.34. The third kappa shape index (κ3) is 3.85. The average Bonchev–Trinajstić information content (AvgIpc) is 2.67. The van der Waals surface area contributed by atoms with Crippen molar-refractivity contribution >= 4 is 0 Å². The summed E-state index contributed by atoms with van der Waals surface area (Å²) >= 11 is 0. The summed E-state index contributed by atoms with van der Waals surface area (Å²) in [6.07, 6.45) is 1.14. The fourth-order valence-electron chi connectivity index (χ4n) is 1.82. The molecular formula is C15H28N2O. The third-order valence-corrected chi connectivity index (χ3v) is 3.93. The van der Waals surface area contributed by atoms with E-state index in [1.807, 2.05) is 0 Å². The Kier molecular flexibility index (Phi) is 5.42. The van der Waals surface area contributed by atoms with Crippen LogP contribution in [0.15, 0.2) is 10.5 Å². The Morgan fingerprint density at radius 3 is 2.56 bits per heavy atom. The summed E-state index contributed by atoms with van der Waals surface area (Å²) in [5.74, 6) is 2.08. The van der Waals surface area contributed by atoms with Gasteiger partial charge in [0.1, 0.15) is 11.5 Å². The van der Waals surface area contributed by atoms with Crippen LogP contribution in [0.2, 0.25) is 0 Å². The van der Waals surface area contributed by atoms with Crippen LogP contribution in [0.4, 0.5) is 0 Å². The lowest BCUT2D eigenvalue weighted by Crippen LogP contribution is -2.39. The molecule has 1 N–H and O–H groups in total. The molecule has 1 rings (SSSR count). The molecule has 0 unspecified atom stereocenters. The maximum Gasteiger partial charge on any atom is 0.118 e. The summed E-state index contributed by atoms with van der Waals surface area (Å²) in [7, 11) is 2.18. The number of hydrogen-bond acceptors (Lipinski definition) is 3. The van der Waals surface area contributed by atoms with Crippen LogP contribution < -0.4 is 5.32 Å². The minimum Gasteiger partial charge on any atom is -0.465 e. The van der Waals surface area contributed by atoms with E-state index < -0.39 is 0 Å². The van der Waals surface area contributed by atoms with Gasteiger partial charge < -0.3 is 9.73 Å². The van der Waals surface area contributed by atoms with Gasteiger partial charge in [0.25, 0.3) is 0 Å². The highest BCUT2D eigenvalue weighted by molar-refractivity contribution is 5.21. The highest BCUT2D eigenvalue weighted by Crippen LogP contribution is 2.22. The minimum absolute atomic E-state index is 0.228. The largest absolute Gasteiger partial charge is 0.465 e. The number of nitrogens with zero attached hydrogens (tertiary/aromatic N) is 1. The summed E-state index contributed by atoms with van der Waals surface area (Å²) < 4.78 is 5.77. The predicted octanol–water partition coefficient (Wildman–Crippen LogP) is 3.32. The SMILES string of the molecule is CCNCc1cc(CN(C)C(C)(C)CC)c(C)o1. The molecule has 1 heterocycles. The van der Waals surface area contributed by atoms with Gasteiger partial charge in [0.15, 0.2) is 0 Å². The van der Waals surface area contributed by atoms with Gasteiger partial charge in [-0.1, -0.05) is 13.8 Å². The number of aryl methyl sites for hydroxylation is 1. The van der Waals surface area contributed by atoms with Crippen LogP contribution in [-0.2, 0) is 13.1 Å². The summed E-state index contributed by atoms with van der Waals surface area (Å²) in [6, 6.07) is 2.18. The third-order valence-electron chi connectivity index (χ3n) is 3.93. The fraction of sp³-hybridized carbons (Fsp3) is 0.733. The molecule has 0 fully saturated rings. The van der Waals surface area contributed by atoms with Crippen LogP contribution in [0.5, 0.6) is 0 Å². The fourth-order valence-corrected chi connectivity index (χ4v) is 1.82. The van der Waals surface area contributed by atoms with Gasteiger partial charge in [0.05, 0.1) is 6.54 Å². The molecule has 18 heavy (non-hydrogen) atoms. The highest BCUT2D eigenvalue weighted by atomic mass is 16.3. The molecule has 0 aromatic carbocycles. The molecule has 0 spiro atoms. The molecule has 0 aliphatic rings. The molecule has 0 bridgehead atoms. The standard InChI is InChI=1S/C15H28N2O/c1-7-15(4,5)17(6)11-13-9-14(10-16-8-2)18-12(13)3/h9,16H,7-8,10-11H2,1-6H3. The Bertz CT molecular complexity index is 369. The number of nitrogens with one attached hydrogen (secondary N) is 1. The van der Waals surface area contributed by atoms with Crippen molar-refractivity contribution in [3.05, 3.63) is 23.2 Å². The van der Waals surface area contributed by atoms with E-state index >= 15 is 0 Å². The number of rotatable bonds is 7. The molecule has 0 aliphatic carbocycles. The molecular weight excluding hydrogens is 224 g/mol. The molecule has 0 radical (unpaired) electrons. The minimum atomic E-state index is 0.228. The maximum atomic E-state index is 5.77. The van der Waals surface area contributed by atoms with Crippen LogP contribution >= 0.6 is 0 Å². The van der Waals surface area contributed by atoms with Crippen molar-refractivity contribution in [3.8, 4) is 0 Å². The normalized spacial score (nSPS) is 12.4. The van der Waals surface area contributed by atoms with Crippen molar-refractivity contribution in [2.45, 2.75) is 59.7 Å². The first-order valence-electron chi connectivity index (χ1n) is 6.90. The van der Waals surface area contributed by atoms with E-state index in [2.05, 4.69) is 57.9 Å². The van der Waals surface area contributed by atoms with Crippen LogP contribution in [0.1, 0.15) is 51.2 Å². The van der Waals surface area contributed by atoms with Crippen molar-refractivity contribution in [1.82, 2.24) is 10.2 Å². The molecule has 0 saturated carbocycles. The maximum absolute atomic E-state index is 5.77. The van der Waals surface area contributed by atoms with Crippen molar-refractivity contribution in [2.75, 3.05) is 13.6 Å². The Hall–Kier alpha value is -0.800. The van der Waals surface area contributed by atoms with E-state index in [1.165, 1.54) is 5.56 Å². The summed E-state index contributed by atoms with van der Waals surface area (Å²) in [5.41, 5.74) is 1.53. The zero-order valence-electron chi connectivity index (χ0n) is 12.8. The first-order valence-corrected chi connectivity index (χ1v) is 6.90. The molecule has 0 amide bonds. The van der Waals surface area contributed by atoms with Gasteiger partial charge in [0, 0.05) is 17.6 Å². The monoisotopic (exact) mass is 252 g/mol. The van der Waals surface area contributed by atoms with Gasteiger partial charge in [-0.15, -0.1) is 0 Å². The highest BCUT2D eigenvalue weighted by Gasteiger charge is 2.22. The Morgan fingerprint density at radius 1 is 1.33 bits per heavy atom. The summed E-state index contributed by atoms with van der Waals surface area (Å²) in [6.45, 7) is 13.7. The molecule has 0 atom stereocenters. The van der Waals surface area contributed by atoms with Crippen LogP contribution in [0.25, 0.3) is 0 Å². The van der Waals surface area contributed by atoms with Gasteiger partial charge in [-0.25, -0.2) is 0 Å². The zero-order chi connectivity index (χ0) is 13.8. The average molecular weight is 252 g/mol. The smallest absolute Gasteiger partial charge is 0.118 e. The summed E-state index contributed by atoms with van der Waals surface area (Å²) in [5, 5.41) is 3.29. The first-order chi connectivity index (χ1) is 8.40. The number of furan rings is 1. The van der Waals surface area contributed by atoms with Crippen molar-refractivity contribution in [2.24, 2.45) is 0 Å². The quantitative estimate of drug-likeness (QED) is 0.807. The van der Waals surface area contributed by atoms with Crippen molar-refractivity contribution in [3.63, 3.8) is 0 Å². The lowest BCUT2D eigenvalue weighted by atomic mass is 9.99. The Balaban J connectivity index is 2.70. The van der Waals surface area contributed by atoms with E-state index in [-0.39, 0.29) is 5.54 Å². The van der Waals surface area contributed by atoms with E-state index in [4.69, 9.17) is 4.42 Å². The lowest BCUT2D eigenvalue weighted by molar-refractivity contribution is 0.142. The summed E-state index contributed by atoms with van der Waals surface area (Å²) in [4.78, 5) is 2.39. The van der Waals surface area contributed by atoms with E-state index in [0.29, 0.717) is 0 Å². The molecule has 1 aromatic heterocycles. The van der Waals surface area contributed by atoms with E-state index in [9.17, 15) is 0 Å². The van der Waals surface area contributed by atoms with Gasteiger partial charge in [-0.05, 0) is 46.9 Å². The second kappa shape index (κ2) is 6.39. The molecule has 0 aliphatic heterocycles. The first kappa shape index (κ1) is 15.3. The molecule has 0 saturated heterocycles. The number of hydrogen-bond donors (Lipinski definition) is 1. The van der Waals surface area contributed by atoms with E-state index in [0.717, 1.165) is 37.6 Å². The second-order valence-electron chi connectivity index (χ2n) is 5.60. The van der Waals surface area contributed by atoms with E-state index in [1.54, 1.807) is 0 Å². The Morgan fingerprint density at radius 2 is 2.00 bits per heavy atom. The van der Waals surface area contributed by atoms with Crippen molar-refractivity contribution < 1.29 is 4.42 Å². The molecule has 3 nitrogen and oxygen atoms in total. The van der Waals surface area contributed by atoms with Gasteiger partial charge in [-0.2, -0.15) is 0 Å². The van der Waals surface area contributed by atoms with Crippen molar-refractivity contribution in [1.29, 1.82) is 0 Å². The van der Waals surface area contributed by atoms with Gasteiger partial charge in [-0.3, -0.25) is 4.90 Å². The zero-order valence-corrected chi connectivity index (χ0v) is 12.8. The molecule has 1 aromatic rings. The van der Waals surface area contributed by atoms with Crippen LogP contribution in [0.3, 0.4) is 0 Å². The van der Waals surface area contributed by atoms with Crippen LogP contribution in [0, 0.1) is 6.92 Å². The molecule has 104 valence electrons.